The van der Waals surface area contributed by atoms with Gasteiger partial charge in [0.2, 0.25) is 0 Å². The number of hydrogen-bond donors (Lipinski definition) is 1. The molecule has 1 aliphatic carbocycles. The molecule has 0 bridgehead atoms. The van der Waals surface area contributed by atoms with Crippen molar-refractivity contribution >= 4 is 0 Å². The first-order chi connectivity index (χ1) is 16.1. The number of ether oxygens (including phenoxy) is 1. The third kappa shape index (κ3) is 4.31. The van der Waals surface area contributed by atoms with Gasteiger partial charge in [-0.2, -0.15) is 10.2 Å². The average molecular weight is 442 g/mol. The average Bonchev–Trinajstić information content (AvgIpc) is 3.50. The number of fused-ring (bicyclic) bond motifs is 1. The first kappa shape index (κ1) is 21.5. The van der Waals surface area contributed by atoms with Crippen molar-refractivity contribution in [2.45, 2.75) is 52.2 Å². The largest absolute Gasteiger partial charge is 0.496 e. The van der Waals surface area contributed by atoms with E-state index in [9.17, 15) is 0 Å². The third-order valence-corrected chi connectivity index (χ3v) is 6.78. The molecule has 4 aromatic rings. The summed E-state index contributed by atoms with van der Waals surface area (Å²) in [6.45, 7) is 5.84. The SMILES string of the molecule is COc1ccc(CN[C@H]2CCCc3c2cnn3-c2cccc(C)c2C)cc1Cn1cccn1. The second-order valence-electron chi connectivity index (χ2n) is 8.85. The van der Waals surface area contributed by atoms with Crippen molar-refractivity contribution in [2.75, 3.05) is 7.11 Å². The summed E-state index contributed by atoms with van der Waals surface area (Å²) in [4.78, 5) is 0. The third-order valence-electron chi connectivity index (χ3n) is 6.78. The molecular formula is C27H31N5O. The van der Waals surface area contributed by atoms with Gasteiger partial charge in [-0.3, -0.25) is 4.68 Å². The van der Waals surface area contributed by atoms with Crippen LogP contribution in [0.5, 0.6) is 5.75 Å². The summed E-state index contributed by atoms with van der Waals surface area (Å²) >= 11 is 0. The van der Waals surface area contributed by atoms with E-state index in [4.69, 9.17) is 9.84 Å². The van der Waals surface area contributed by atoms with E-state index < -0.39 is 0 Å². The van der Waals surface area contributed by atoms with Crippen LogP contribution in [-0.2, 0) is 19.5 Å². The molecular weight excluding hydrogens is 410 g/mol. The Morgan fingerprint density at radius 1 is 1.12 bits per heavy atom. The fourth-order valence-electron chi connectivity index (χ4n) is 4.82. The standard InChI is InChI=1S/C27H31N5O/c1-19-7-4-9-25(20(19)2)32-26-10-5-8-24(23(26)17-30-32)28-16-21-11-12-27(33-3)22(15-21)18-31-14-6-13-29-31/h4,6-7,9,11-15,17,24,28H,5,8,10,16,18H2,1-3H3/t24-/m0/s1. The van der Waals surface area contributed by atoms with Gasteiger partial charge in [-0.25, -0.2) is 4.68 Å². The molecule has 1 N–H and O–H groups in total. The van der Waals surface area contributed by atoms with E-state index in [1.54, 1.807) is 13.3 Å². The number of methoxy groups -OCH3 is 1. The maximum Gasteiger partial charge on any atom is 0.123 e. The molecule has 0 saturated heterocycles. The Labute approximate surface area is 195 Å². The molecule has 0 amide bonds. The second-order valence-corrected chi connectivity index (χ2v) is 8.85. The van der Waals surface area contributed by atoms with Gasteiger partial charge in [0.15, 0.2) is 0 Å². The van der Waals surface area contributed by atoms with E-state index in [0.717, 1.165) is 37.1 Å². The summed E-state index contributed by atoms with van der Waals surface area (Å²) in [6, 6.07) is 15.1. The van der Waals surface area contributed by atoms with Gasteiger partial charge in [0.25, 0.3) is 0 Å². The fraction of sp³-hybridized carbons (Fsp3) is 0.333. The van der Waals surface area contributed by atoms with Crippen LogP contribution in [0.15, 0.2) is 61.1 Å². The van der Waals surface area contributed by atoms with Crippen molar-refractivity contribution in [1.29, 1.82) is 0 Å². The molecule has 2 aromatic heterocycles. The summed E-state index contributed by atoms with van der Waals surface area (Å²) < 4.78 is 9.65. The molecule has 2 aromatic carbocycles. The molecule has 6 nitrogen and oxygen atoms in total. The minimum Gasteiger partial charge on any atom is -0.496 e. The van der Waals surface area contributed by atoms with E-state index in [0.29, 0.717) is 12.6 Å². The minimum absolute atomic E-state index is 0.310. The lowest BCUT2D eigenvalue weighted by atomic mass is 9.92. The van der Waals surface area contributed by atoms with Gasteiger partial charge < -0.3 is 10.1 Å². The highest BCUT2D eigenvalue weighted by molar-refractivity contribution is 5.46. The first-order valence-electron chi connectivity index (χ1n) is 11.6. The molecule has 2 heterocycles. The lowest BCUT2D eigenvalue weighted by Crippen LogP contribution is -2.25. The summed E-state index contributed by atoms with van der Waals surface area (Å²) in [7, 11) is 1.72. The zero-order valence-corrected chi connectivity index (χ0v) is 19.6. The Morgan fingerprint density at radius 3 is 2.85 bits per heavy atom. The number of hydrogen-bond acceptors (Lipinski definition) is 4. The lowest BCUT2D eigenvalue weighted by Gasteiger charge is -2.25. The summed E-state index contributed by atoms with van der Waals surface area (Å²) in [6.07, 6.45) is 9.19. The van der Waals surface area contributed by atoms with E-state index in [1.165, 1.54) is 33.6 Å². The summed E-state index contributed by atoms with van der Waals surface area (Å²) in [5.74, 6) is 0.893. The van der Waals surface area contributed by atoms with Crippen molar-refractivity contribution in [2.24, 2.45) is 0 Å². The van der Waals surface area contributed by atoms with Gasteiger partial charge >= 0.3 is 0 Å². The monoisotopic (exact) mass is 441 g/mol. The smallest absolute Gasteiger partial charge is 0.123 e. The van der Waals surface area contributed by atoms with Crippen LogP contribution < -0.4 is 10.1 Å². The fourth-order valence-corrected chi connectivity index (χ4v) is 4.82. The van der Waals surface area contributed by atoms with E-state index in [2.05, 4.69) is 71.5 Å². The van der Waals surface area contributed by atoms with Crippen LogP contribution in [0.4, 0.5) is 0 Å². The molecule has 33 heavy (non-hydrogen) atoms. The minimum atomic E-state index is 0.310. The Balaban J connectivity index is 1.35. The van der Waals surface area contributed by atoms with E-state index >= 15 is 0 Å². The highest BCUT2D eigenvalue weighted by atomic mass is 16.5. The molecule has 6 heteroatoms. The highest BCUT2D eigenvalue weighted by Gasteiger charge is 2.25. The van der Waals surface area contributed by atoms with Gasteiger partial charge in [-0.05, 0) is 74.1 Å². The number of nitrogens with one attached hydrogen (secondary N) is 1. The number of aromatic nitrogens is 4. The van der Waals surface area contributed by atoms with E-state index in [1.807, 2.05) is 16.9 Å². The van der Waals surface area contributed by atoms with Gasteiger partial charge in [-0.1, -0.05) is 18.2 Å². The van der Waals surface area contributed by atoms with Crippen LogP contribution in [0.25, 0.3) is 5.69 Å². The molecule has 0 aliphatic heterocycles. The predicted octanol–water partition coefficient (Wildman–Crippen LogP) is 4.91. The Hall–Kier alpha value is -3.38. The topological polar surface area (TPSA) is 56.9 Å². The van der Waals surface area contributed by atoms with Crippen LogP contribution >= 0.6 is 0 Å². The molecule has 1 atom stereocenters. The molecule has 170 valence electrons. The predicted molar refractivity (Wildman–Crippen MR) is 130 cm³/mol. The zero-order chi connectivity index (χ0) is 22.8. The van der Waals surface area contributed by atoms with Gasteiger partial charge in [0.05, 0.1) is 25.5 Å². The van der Waals surface area contributed by atoms with Crippen molar-refractivity contribution < 1.29 is 4.74 Å². The molecule has 5 rings (SSSR count). The Bertz CT molecular complexity index is 1240. The molecule has 0 radical (unpaired) electrons. The zero-order valence-electron chi connectivity index (χ0n) is 19.6. The van der Waals surface area contributed by atoms with Crippen LogP contribution in [0.3, 0.4) is 0 Å². The van der Waals surface area contributed by atoms with Crippen LogP contribution in [-0.4, -0.2) is 26.7 Å². The molecule has 0 saturated carbocycles. The molecule has 1 aliphatic rings. The molecule has 0 unspecified atom stereocenters. The number of benzene rings is 2. The van der Waals surface area contributed by atoms with Crippen LogP contribution in [0, 0.1) is 13.8 Å². The van der Waals surface area contributed by atoms with Gasteiger partial charge in [0.1, 0.15) is 5.75 Å². The number of nitrogens with zero attached hydrogens (tertiary/aromatic N) is 4. The lowest BCUT2D eigenvalue weighted by molar-refractivity contribution is 0.406. The normalized spacial score (nSPS) is 15.4. The number of rotatable bonds is 7. The van der Waals surface area contributed by atoms with Crippen LogP contribution in [0.1, 0.15) is 52.4 Å². The quantitative estimate of drug-likeness (QED) is 0.443. The number of aryl methyl sites for hydroxylation is 1. The maximum absolute atomic E-state index is 5.58. The van der Waals surface area contributed by atoms with Gasteiger partial charge in [0, 0.05) is 41.8 Å². The molecule has 0 fully saturated rings. The Kier molecular flexibility index (Phi) is 6.01. The van der Waals surface area contributed by atoms with E-state index in [-0.39, 0.29) is 0 Å². The molecule has 0 spiro atoms. The second kappa shape index (κ2) is 9.24. The van der Waals surface area contributed by atoms with Crippen molar-refractivity contribution in [3.8, 4) is 11.4 Å². The van der Waals surface area contributed by atoms with Crippen molar-refractivity contribution in [3.05, 3.63) is 94.6 Å². The van der Waals surface area contributed by atoms with Gasteiger partial charge in [-0.15, -0.1) is 0 Å². The summed E-state index contributed by atoms with van der Waals surface area (Å²) in [5, 5.41) is 12.9. The van der Waals surface area contributed by atoms with Crippen molar-refractivity contribution in [1.82, 2.24) is 24.9 Å². The maximum atomic E-state index is 5.58. The Morgan fingerprint density at radius 2 is 2.03 bits per heavy atom. The first-order valence-corrected chi connectivity index (χ1v) is 11.6. The van der Waals surface area contributed by atoms with Crippen LogP contribution in [0.2, 0.25) is 0 Å². The highest BCUT2D eigenvalue weighted by Crippen LogP contribution is 2.32. The summed E-state index contributed by atoms with van der Waals surface area (Å²) in [5.41, 5.74) is 8.82. The van der Waals surface area contributed by atoms with Crippen molar-refractivity contribution in [3.63, 3.8) is 0 Å².